The van der Waals surface area contributed by atoms with Crippen LogP contribution in [0.25, 0.3) is 0 Å². The molecule has 0 aliphatic carbocycles. The van der Waals surface area contributed by atoms with Crippen LogP contribution in [0.15, 0.2) is 42.5 Å². The Balaban J connectivity index is 1.77. The highest BCUT2D eigenvalue weighted by Crippen LogP contribution is 2.18. The summed E-state index contributed by atoms with van der Waals surface area (Å²) in [7, 11) is 0. The topological polar surface area (TPSA) is 64.3 Å². The van der Waals surface area contributed by atoms with Crippen LogP contribution in [0.5, 0.6) is 5.75 Å². The van der Waals surface area contributed by atoms with Crippen LogP contribution in [0.4, 0.5) is 5.69 Å². The second kappa shape index (κ2) is 6.79. The Bertz CT molecular complexity index is 621. The molecule has 0 aliphatic rings. The average Bonchev–Trinajstić information content (AvgIpc) is 2.47. The third-order valence-electron chi connectivity index (χ3n) is 3.21. The largest absolute Gasteiger partial charge is 0.492 e. The van der Waals surface area contributed by atoms with Gasteiger partial charge >= 0.3 is 0 Å². The van der Waals surface area contributed by atoms with Crippen LogP contribution in [0.3, 0.4) is 0 Å². The van der Waals surface area contributed by atoms with E-state index in [-0.39, 0.29) is 5.91 Å². The normalized spacial score (nSPS) is 10.2. The highest BCUT2D eigenvalue weighted by Gasteiger charge is 2.04. The lowest BCUT2D eigenvalue weighted by Gasteiger charge is -2.09. The predicted octanol–water partition coefficient (Wildman–Crippen LogP) is 2.69. The van der Waals surface area contributed by atoms with E-state index < -0.39 is 0 Å². The Morgan fingerprint density at radius 2 is 1.86 bits per heavy atom. The first kappa shape index (κ1) is 14.9. The summed E-state index contributed by atoms with van der Waals surface area (Å²) in [6, 6.07) is 13.0. The summed E-state index contributed by atoms with van der Waals surface area (Å²) in [6.45, 7) is 4.79. The third-order valence-corrected chi connectivity index (χ3v) is 3.21. The van der Waals surface area contributed by atoms with E-state index in [1.54, 1.807) is 0 Å². The molecule has 2 rings (SSSR count). The van der Waals surface area contributed by atoms with E-state index in [1.807, 2.05) is 56.3 Å². The fraction of sp³-hybridized carbons (Fsp3) is 0.235. The molecule has 1 amide bonds. The van der Waals surface area contributed by atoms with Gasteiger partial charge in [-0.3, -0.25) is 4.79 Å². The highest BCUT2D eigenvalue weighted by molar-refractivity contribution is 5.94. The third kappa shape index (κ3) is 4.24. The molecular weight excluding hydrogens is 264 g/mol. The maximum absolute atomic E-state index is 11.9. The Kier molecular flexibility index (Phi) is 4.82. The van der Waals surface area contributed by atoms with E-state index in [2.05, 4.69) is 5.32 Å². The molecule has 0 radical (unpaired) electrons. The van der Waals surface area contributed by atoms with E-state index in [0.29, 0.717) is 18.7 Å². The van der Waals surface area contributed by atoms with Gasteiger partial charge in [-0.05, 0) is 49.7 Å². The number of aryl methyl sites for hydroxylation is 2. The molecule has 4 heteroatoms. The zero-order valence-electron chi connectivity index (χ0n) is 12.3. The molecule has 0 aliphatic heterocycles. The van der Waals surface area contributed by atoms with Gasteiger partial charge in [0.1, 0.15) is 12.4 Å². The Morgan fingerprint density at radius 1 is 1.14 bits per heavy atom. The maximum atomic E-state index is 11.9. The Labute approximate surface area is 124 Å². The SMILES string of the molecule is Cc1ccc(C(=O)NCCOc2ccc(N)c(C)c2)cc1. The van der Waals surface area contributed by atoms with E-state index in [0.717, 1.165) is 22.6 Å². The summed E-state index contributed by atoms with van der Waals surface area (Å²) in [4.78, 5) is 11.9. The van der Waals surface area contributed by atoms with Crippen LogP contribution in [-0.4, -0.2) is 19.1 Å². The first-order chi connectivity index (χ1) is 10.1. The van der Waals surface area contributed by atoms with Crippen LogP contribution < -0.4 is 15.8 Å². The maximum Gasteiger partial charge on any atom is 0.251 e. The van der Waals surface area contributed by atoms with Gasteiger partial charge < -0.3 is 15.8 Å². The number of ether oxygens (including phenoxy) is 1. The Hall–Kier alpha value is -2.49. The molecule has 3 N–H and O–H groups in total. The molecule has 110 valence electrons. The monoisotopic (exact) mass is 284 g/mol. The zero-order chi connectivity index (χ0) is 15.2. The van der Waals surface area contributed by atoms with Crippen LogP contribution in [-0.2, 0) is 0 Å². The smallest absolute Gasteiger partial charge is 0.251 e. The van der Waals surface area contributed by atoms with Crippen molar-refractivity contribution in [1.29, 1.82) is 0 Å². The minimum atomic E-state index is -0.0907. The van der Waals surface area contributed by atoms with Crippen molar-refractivity contribution in [3.05, 3.63) is 59.2 Å². The van der Waals surface area contributed by atoms with E-state index in [1.165, 1.54) is 0 Å². The van der Waals surface area contributed by atoms with Crippen LogP contribution in [0, 0.1) is 13.8 Å². The van der Waals surface area contributed by atoms with Crippen molar-refractivity contribution in [2.45, 2.75) is 13.8 Å². The van der Waals surface area contributed by atoms with Crippen molar-refractivity contribution in [2.24, 2.45) is 0 Å². The molecule has 2 aromatic rings. The molecule has 0 unspecified atom stereocenters. The fourth-order valence-electron chi connectivity index (χ4n) is 1.88. The van der Waals surface area contributed by atoms with E-state index >= 15 is 0 Å². The standard InChI is InChI=1S/C17H20N2O2/c1-12-3-5-14(6-4-12)17(20)19-9-10-21-15-7-8-16(18)13(2)11-15/h3-8,11H,9-10,18H2,1-2H3,(H,19,20). The first-order valence-electron chi connectivity index (χ1n) is 6.90. The molecule has 0 spiro atoms. The average molecular weight is 284 g/mol. The molecule has 2 aromatic carbocycles. The number of anilines is 1. The number of carbonyl (C=O) groups is 1. The fourth-order valence-corrected chi connectivity index (χ4v) is 1.88. The lowest BCUT2D eigenvalue weighted by Crippen LogP contribution is -2.28. The van der Waals surface area contributed by atoms with Crippen molar-refractivity contribution >= 4 is 11.6 Å². The quantitative estimate of drug-likeness (QED) is 0.655. The van der Waals surface area contributed by atoms with Gasteiger partial charge in [-0.25, -0.2) is 0 Å². The number of nitrogens with two attached hydrogens (primary N) is 1. The number of nitrogen functional groups attached to an aromatic ring is 1. The second-order valence-electron chi connectivity index (χ2n) is 4.99. The molecule has 0 aromatic heterocycles. The molecule has 0 fully saturated rings. The molecule has 21 heavy (non-hydrogen) atoms. The predicted molar refractivity (Wildman–Crippen MR) is 84.6 cm³/mol. The highest BCUT2D eigenvalue weighted by atomic mass is 16.5. The van der Waals surface area contributed by atoms with Crippen molar-refractivity contribution in [2.75, 3.05) is 18.9 Å². The number of nitrogens with one attached hydrogen (secondary N) is 1. The number of hydrogen-bond donors (Lipinski definition) is 2. The molecule has 0 bridgehead atoms. The minimum absolute atomic E-state index is 0.0907. The summed E-state index contributed by atoms with van der Waals surface area (Å²) in [5.41, 5.74) is 9.26. The summed E-state index contributed by atoms with van der Waals surface area (Å²) in [6.07, 6.45) is 0. The molecular formula is C17H20N2O2. The summed E-state index contributed by atoms with van der Waals surface area (Å²) >= 11 is 0. The van der Waals surface area contributed by atoms with Gasteiger partial charge in [-0.2, -0.15) is 0 Å². The van der Waals surface area contributed by atoms with Crippen LogP contribution in [0.1, 0.15) is 21.5 Å². The zero-order valence-corrected chi connectivity index (χ0v) is 12.3. The van der Waals surface area contributed by atoms with E-state index in [9.17, 15) is 4.79 Å². The Morgan fingerprint density at radius 3 is 2.52 bits per heavy atom. The lowest BCUT2D eigenvalue weighted by atomic mass is 10.1. The summed E-state index contributed by atoms with van der Waals surface area (Å²) < 4.78 is 5.58. The number of benzene rings is 2. The van der Waals surface area contributed by atoms with Crippen molar-refractivity contribution in [1.82, 2.24) is 5.32 Å². The second-order valence-corrected chi connectivity index (χ2v) is 4.99. The van der Waals surface area contributed by atoms with Gasteiger partial charge in [0.05, 0.1) is 6.54 Å². The molecule has 0 saturated carbocycles. The van der Waals surface area contributed by atoms with Gasteiger partial charge in [0.15, 0.2) is 0 Å². The number of rotatable bonds is 5. The van der Waals surface area contributed by atoms with E-state index in [4.69, 9.17) is 10.5 Å². The summed E-state index contributed by atoms with van der Waals surface area (Å²) in [5.74, 6) is 0.665. The lowest BCUT2D eigenvalue weighted by molar-refractivity contribution is 0.0947. The van der Waals surface area contributed by atoms with Gasteiger partial charge in [-0.1, -0.05) is 17.7 Å². The minimum Gasteiger partial charge on any atom is -0.492 e. The molecule has 4 nitrogen and oxygen atoms in total. The number of carbonyl (C=O) groups excluding carboxylic acids is 1. The molecule has 0 atom stereocenters. The van der Waals surface area contributed by atoms with Crippen molar-refractivity contribution < 1.29 is 9.53 Å². The van der Waals surface area contributed by atoms with Gasteiger partial charge in [0.2, 0.25) is 0 Å². The molecule has 0 heterocycles. The van der Waals surface area contributed by atoms with Crippen molar-refractivity contribution in [3.8, 4) is 5.75 Å². The number of hydrogen-bond acceptors (Lipinski definition) is 3. The van der Waals surface area contributed by atoms with Crippen LogP contribution in [0.2, 0.25) is 0 Å². The van der Waals surface area contributed by atoms with Gasteiger partial charge in [0.25, 0.3) is 5.91 Å². The summed E-state index contributed by atoms with van der Waals surface area (Å²) in [5, 5.41) is 2.83. The van der Waals surface area contributed by atoms with Gasteiger partial charge in [-0.15, -0.1) is 0 Å². The van der Waals surface area contributed by atoms with Gasteiger partial charge in [0, 0.05) is 11.3 Å². The molecule has 0 saturated heterocycles. The van der Waals surface area contributed by atoms with Crippen LogP contribution >= 0.6 is 0 Å². The first-order valence-corrected chi connectivity index (χ1v) is 6.90. The number of amides is 1. The van der Waals surface area contributed by atoms with Crippen molar-refractivity contribution in [3.63, 3.8) is 0 Å².